The Morgan fingerprint density at radius 1 is 1.50 bits per heavy atom. The minimum absolute atomic E-state index is 0.187. The Kier molecular flexibility index (Phi) is 4.71. The van der Waals surface area contributed by atoms with Gasteiger partial charge in [0.15, 0.2) is 0 Å². The van der Waals surface area contributed by atoms with Crippen LogP contribution >= 0.6 is 11.6 Å². The molecule has 0 aromatic heterocycles. The average molecular weight is 319 g/mol. The minimum atomic E-state index is -3.58. The zero-order chi connectivity index (χ0) is 14.9. The van der Waals surface area contributed by atoms with Gasteiger partial charge in [-0.2, -0.15) is 4.31 Å². The molecule has 1 aromatic carbocycles. The second-order valence-corrected chi connectivity index (χ2v) is 7.23. The van der Waals surface area contributed by atoms with Crippen LogP contribution in [0.1, 0.15) is 18.1 Å². The molecule has 0 saturated carbocycles. The molecule has 112 valence electrons. The van der Waals surface area contributed by atoms with Crippen molar-refractivity contribution in [3.05, 3.63) is 28.3 Å². The molecule has 0 bridgehead atoms. The minimum Gasteiger partial charge on any atom is -0.378 e. The summed E-state index contributed by atoms with van der Waals surface area (Å²) in [5, 5.41) is 0.385. The highest BCUT2D eigenvalue weighted by Gasteiger charge is 2.33. The normalized spacial score (nSPS) is 21.1. The summed E-state index contributed by atoms with van der Waals surface area (Å²) in [6.07, 6.45) is 0. The molecule has 20 heavy (non-hydrogen) atoms. The molecular formula is C13H19ClN2O3S. The van der Waals surface area contributed by atoms with Gasteiger partial charge in [-0.15, -0.1) is 0 Å². The third kappa shape index (κ3) is 2.84. The van der Waals surface area contributed by atoms with Crippen molar-refractivity contribution in [2.45, 2.75) is 31.3 Å². The van der Waals surface area contributed by atoms with E-state index in [1.165, 1.54) is 10.4 Å². The van der Waals surface area contributed by atoms with Crippen molar-refractivity contribution in [1.82, 2.24) is 4.31 Å². The zero-order valence-electron chi connectivity index (χ0n) is 11.6. The van der Waals surface area contributed by atoms with Crippen molar-refractivity contribution in [1.29, 1.82) is 0 Å². The summed E-state index contributed by atoms with van der Waals surface area (Å²) in [6.45, 7) is 5.02. The van der Waals surface area contributed by atoms with Gasteiger partial charge in [-0.25, -0.2) is 8.42 Å². The largest absolute Gasteiger partial charge is 0.378 e. The molecule has 1 aromatic rings. The quantitative estimate of drug-likeness (QED) is 0.917. The van der Waals surface area contributed by atoms with E-state index in [0.717, 1.165) is 5.56 Å². The number of benzene rings is 1. The predicted octanol–water partition coefficient (Wildman–Crippen LogP) is 1.52. The fraction of sp³-hybridized carbons (Fsp3) is 0.538. The lowest BCUT2D eigenvalue weighted by atomic mass is 10.1. The Morgan fingerprint density at radius 2 is 2.20 bits per heavy atom. The molecule has 0 amide bonds. The molecule has 1 fully saturated rings. The predicted molar refractivity (Wildman–Crippen MR) is 78.3 cm³/mol. The molecule has 1 atom stereocenters. The van der Waals surface area contributed by atoms with E-state index in [9.17, 15) is 8.42 Å². The van der Waals surface area contributed by atoms with Crippen LogP contribution in [0.5, 0.6) is 0 Å². The van der Waals surface area contributed by atoms with Crippen LogP contribution in [0.2, 0.25) is 5.02 Å². The SMILES string of the molecule is Cc1c(CN)cc(Cl)cc1S(=O)(=O)N1CCOCC1C. The Bertz CT molecular complexity index is 604. The topological polar surface area (TPSA) is 72.6 Å². The number of nitrogens with two attached hydrogens (primary N) is 1. The first-order valence-electron chi connectivity index (χ1n) is 6.46. The number of ether oxygens (including phenoxy) is 1. The lowest BCUT2D eigenvalue weighted by Gasteiger charge is -2.32. The van der Waals surface area contributed by atoms with Gasteiger partial charge >= 0.3 is 0 Å². The molecule has 1 saturated heterocycles. The van der Waals surface area contributed by atoms with Crippen LogP contribution in [0.25, 0.3) is 0 Å². The lowest BCUT2D eigenvalue weighted by Crippen LogP contribution is -2.47. The number of hydrogen-bond acceptors (Lipinski definition) is 4. The lowest BCUT2D eigenvalue weighted by molar-refractivity contribution is 0.0392. The van der Waals surface area contributed by atoms with Crippen molar-refractivity contribution in [2.24, 2.45) is 5.73 Å². The summed E-state index contributed by atoms with van der Waals surface area (Å²) in [6, 6.07) is 3.01. The fourth-order valence-electron chi connectivity index (χ4n) is 2.38. The molecule has 0 aliphatic carbocycles. The van der Waals surface area contributed by atoms with E-state index in [-0.39, 0.29) is 17.5 Å². The van der Waals surface area contributed by atoms with Gasteiger partial charge in [0.1, 0.15) is 0 Å². The maximum Gasteiger partial charge on any atom is 0.243 e. The van der Waals surface area contributed by atoms with E-state index in [2.05, 4.69) is 0 Å². The molecular weight excluding hydrogens is 300 g/mol. The van der Waals surface area contributed by atoms with Gasteiger partial charge in [-0.3, -0.25) is 0 Å². The first-order valence-corrected chi connectivity index (χ1v) is 8.28. The van der Waals surface area contributed by atoms with Crippen molar-refractivity contribution in [3.63, 3.8) is 0 Å². The van der Waals surface area contributed by atoms with Crippen LogP contribution in [0.3, 0.4) is 0 Å². The van der Waals surface area contributed by atoms with Crippen molar-refractivity contribution in [3.8, 4) is 0 Å². The smallest absolute Gasteiger partial charge is 0.243 e. The summed E-state index contributed by atoms with van der Waals surface area (Å²) in [4.78, 5) is 0.235. The second kappa shape index (κ2) is 5.99. The monoisotopic (exact) mass is 318 g/mol. The average Bonchev–Trinajstić information content (AvgIpc) is 2.41. The van der Waals surface area contributed by atoms with Crippen molar-refractivity contribution < 1.29 is 13.2 Å². The number of rotatable bonds is 3. The summed E-state index contributed by atoms with van der Waals surface area (Å²) in [5.41, 5.74) is 7.06. The molecule has 2 rings (SSSR count). The molecule has 5 nitrogen and oxygen atoms in total. The molecule has 1 unspecified atom stereocenters. The van der Waals surface area contributed by atoms with Crippen LogP contribution in [0.15, 0.2) is 17.0 Å². The number of sulfonamides is 1. The fourth-order valence-corrected chi connectivity index (χ4v) is 4.59. The third-order valence-corrected chi connectivity index (χ3v) is 5.90. The van der Waals surface area contributed by atoms with Crippen LogP contribution in [-0.2, 0) is 21.3 Å². The van der Waals surface area contributed by atoms with Gasteiger partial charge < -0.3 is 10.5 Å². The summed E-state index contributed by atoms with van der Waals surface area (Å²) < 4.78 is 32.4. The van der Waals surface area contributed by atoms with Crippen LogP contribution < -0.4 is 5.73 Å². The molecule has 0 spiro atoms. The van der Waals surface area contributed by atoms with E-state index < -0.39 is 10.0 Å². The Morgan fingerprint density at radius 3 is 2.80 bits per heavy atom. The molecule has 1 heterocycles. The van der Waals surface area contributed by atoms with E-state index in [0.29, 0.717) is 30.3 Å². The van der Waals surface area contributed by atoms with Gasteiger partial charge in [-0.05, 0) is 37.1 Å². The van der Waals surface area contributed by atoms with E-state index in [4.69, 9.17) is 22.1 Å². The zero-order valence-corrected chi connectivity index (χ0v) is 13.2. The van der Waals surface area contributed by atoms with E-state index in [1.807, 2.05) is 6.92 Å². The molecule has 7 heteroatoms. The Labute approximate surface area is 124 Å². The highest BCUT2D eigenvalue weighted by atomic mass is 35.5. The Balaban J connectivity index is 2.51. The van der Waals surface area contributed by atoms with Crippen LogP contribution in [-0.4, -0.2) is 38.5 Å². The van der Waals surface area contributed by atoms with Gasteiger partial charge in [0.2, 0.25) is 10.0 Å². The van der Waals surface area contributed by atoms with Crippen molar-refractivity contribution in [2.75, 3.05) is 19.8 Å². The molecule has 2 N–H and O–H groups in total. The standard InChI is InChI=1S/C13H19ClN2O3S/c1-9-8-19-4-3-16(9)20(17,18)13-6-12(14)5-11(7-15)10(13)2/h5-6,9H,3-4,7-8,15H2,1-2H3. The summed E-state index contributed by atoms with van der Waals surface area (Å²) >= 11 is 6.02. The van der Waals surface area contributed by atoms with Gasteiger partial charge in [-0.1, -0.05) is 11.6 Å². The van der Waals surface area contributed by atoms with E-state index >= 15 is 0 Å². The maximum absolute atomic E-state index is 12.8. The Hall–Kier alpha value is -0.660. The number of hydrogen-bond donors (Lipinski definition) is 1. The van der Waals surface area contributed by atoms with Gasteiger partial charge in [0, 0.05) is 24.2 Å². The highest BCUT2D eigenvalue weighted by molar-refractivity contribution is 7.89. The first kappa shape index (κ1) is 15.7. The maximum atomic E-state index is 12.8. The summed E-state index contributed by atoms with van der Waals surface area (Å²) in [5.74, 6) is 0. The molecule has 1 aliphatic heterocycles. The molecule has 0 radical (unpaired) electrons. The number of nitrogens with zero attached hydrogens (tertiary/aromatic N) is 1. The highest BCUT2D eigenvalue weighted by Crippen LogP contribution is 2.28. The van der Waals surface area contributed by atoms with E-state index in [1.54, 1.807) is 13.0 Å². The van der Waals surface area contributed by atoms with Crippen LogP contribution in [0, 0.1) is 6.92 Å². The van der Waals surface area contributed by atoms with Gasteiger partial charge in [0.25, 0.3) is 0 Å². The van der Waals surface area contributed by atoms with Crippen LogP contribution in [0.4, 0.5) is 0 Å². The number of morpholine rings is 1. The third-order valence-electron chi connectivity index (χ3n) is 3.55. The number of halogens is 1. The van der Waals surface area contributed by atoms with Gasteiger partial charge in [0.05, 0.1) is 18.1 Å². The van der Waals surface area contributed by atoms with Crippen molar-refractivity contribution >= 4 is 21.6 Å². The second-order valence-electron chi connectivity index (χ2n) is 4.93. The first-order chi connectivity index (χ1) is 9.37. The molecule has 1 aliphatic rings. The summed E-state index contributed by atoms with van der Waals surface area (Å²) in [7, 11) is -3.58.